The Morgan fingerprint density at radius 3 is 2.34 bits per heavy atom. The van der Waals surface area contributed by atoms with Gasteiger partial charge in [0.25, 0.3) is 11.8 Å². The van der Waals surface area contributed by atoms with Crippen molar-refractivity contribution in [1.82, 2.24) is 9.80 Å². The van der Waals surface area contributed by atoms with Crippen molar-refractivity contribution in [3.63, 3.8) is 0 Å². The third-order valence-corrected chi connectivity index (χ3v) is 6.49. The molecule has 1 aliphatic heterocycles. The first kappa shape index (κ1) is 22.3. The lowest BCUT2D eigenvalue weighted by Crippen LogP contribution is -2.52. The second kappa shape index (κ2) is 10.2. The lowest BCUT2D eigenvalue weighted by Gasteiger charge is -2.38. The number of methoxy groups -OCH3 is 1. The quantitative estimate of drug-likeness (QED) is 0.689. The third kappa shape index (κ3) is 5.13. The van der Waals surface area contributed by atoms with E-state index in [1.54, 1.807) is 7.11 Å². The first-order valence-corrected chi connectivity index (χ1v) is 11.5. The van der Waals surface area contributed by atoms with E-state index in [9.17, 15) is 9.59 Å². The molecule has 6 nitrogen and oxygen atoms in total. The molecule has 6 heteroatoms. The first-order valence-electron chi connectivity index (χ1n) is 11.5. The van der Waals surface area contributed by atoms with Gasteiger partial charge in [-0.1, -0.05) is 30.5 Å². The zero-order valence-electron chi connectivity index (χ0n) is 19.0. The fourth-order valence-corrected chi connectivity index (χ4v) is 4.63. The van der Waals surface area contributed by atoms with Crippen molar-refractivity contribution < 1.29 is 19.1 Å². The van der Waals surface area contributed by atoms with Crippen LogP contribution in [-0.2, 0) is 4.74 Å². The highest BCUT2D eigenvalue weighted by Gasteiger charge is 2.33. The minimum absolute atomic E-state index is 0.0186. The molecule has 2 aromatic carbocycles. The maximum absolute atomic E-state index is 13.4. The zero-order valence-corrected chi connectivity index (χ0v) is 19.0. The highest BCUT2D eigenvalue weighted by molar-refractivity contribution is 5.95. The molecule has 2 aliphatic rings. The zero-order chi connectivity index (χ0) is 22.5. The van der Waals surface area contributed by atoms with Gasteiger partial charge in [0, 0.05) is 36.8 Å². The fourth-order valence-electron chi connectivity index (χ4n) is 4.63. The van der Waals surface area contributed by atoms with Gasteiger partial charge < -0.3 is 19.3 Å². The lowest BCUT2D eigenvalue weighted by atomic mass is 10.1. The second-order valence-corrected chi connectivity index (χ2v) is 8.73. The van der Waals surface area contributed by atoms with E-state index in [4.69, 9.17) is 9.47 Å². The molecule has 1 saturated heterocycles. The van der Waals surface area contributed by atoms with Crippen LogP contribution in [0.1, 0.15) is 52.0 Å². The topological polar surface area (TPSA) is 59.1 Å². The van der Waals surface area contributed by atoms with Crippen LogP contribution in [-0.4, -0.2) is 67.1 Å². The number of hydrogen-bond acceptors (Lipinski definition) is 4. The van der Waals surface area contributed by atoms with Crippen molar-refractivity contribution in [2.45, 2.75) is 44.8 Å². The van der Waals surface area contributed by atoms with Gasteiger partial charge in [-0.05, 0) is 56.2 Å². The van der Waals surface area contributed by atoms with Crippen molar-refractivity contribution in [1.29, 1.82) is 0 Å². The normalized spacial score (nSPS) is 19.1. The summed E-state index contributed by atoms with van der Waals surface area (Å²) in [5, 5.41) is 0. The van der Waals surface area contributed by atoms with Gasteiger partial charge in [-0.3, -0.25) is 9.59 Å². The minimum atomic E-state index is -0.194. The Hall–Kier alpha value is -2.86. The molecule has 0 spiro atoms. The molecule has 32 heavy (non-hydrogen) atoms. The van der Waals surface area contributed by atoms with Crippen LogP contribution in [0.15, 0.2) is 48.5 Å². The molecule has 2 aromatic rings. The van der Waals surface area contributed by atoms with E-state index in [0.717, 1.165) is 37.0 Å². The molecule has 1 unspecified atom stereocenters. The molecular weight excluding hydrogens is 404 g/mol. The first-order chi connectivity index (χ1) is 15.5. The van der Waals surface area contributed by atoms with E-state index in [0.29, 0.717) is 37.4 Å². The number of carbonyl (C=O) groups excluding carboxylic acids is 2. The summed E-state index contributed by atoms with van der Waals surface area (Å²) in [5.74, 6) is 0.771. The summed E-state index contributed by atoms with van der Waals surface area (Å²) in [6.45, 7) is 4.05. The molecule has 1 heterocycles. The number of benzene rings is 2. The molecule has 1 atom stereocenters. The maximum Gasteiger partial charge on any atom is 0.254 e. The van der Waals surface area contributed by atoms with E-state index in [2.05, 4.69) is 0 Å². The summed E-state index contributed by atoms with van der Waals surface area (Å²) in [4.78, 5) is 30.2. The van der Waals surface area contributed by atoms with Gasteiger partial charge in [-0.25, -0.2) is 0 Å². The van der Waals surface area contributed by atoms with Crippen LogP contribution in [0.3, 0.4) is 0 Å². The van der Waals surface area contributed by atoms with Gasteiger partial charge in [0.1, 0.15) is 5.75 Å². The summed E-state index contributed by atoms with van der Waals surface area (Å²) >= 11 is 0. The van der Waals surface area contributed by atoms with Gasteiger partial charge in [0.2, 0.25) is 0 Å². The Morgan fingerprint density at radius 2 is 1.69 bits per heavy atom. The minimum Gasteiger partial charge on any atom is -0.497 e. The molecule has 2 amide bonds. The van der Waals surface area contributed by atoms with Gasteiger partial charge in [0.15, 0.2) is 0 Å². The molecule has 0 bridgehead atoms. The molecule has 1 aliphatic carbocycles. The number of amides is 2. The van der Waals surface area contributed by atoms with Crippen LogP contribution < -0.4 is 4.74 Å². The fraction of sp³-hybridized carbons (Fsp3) is 0.462. The van der Waals surface area contributed by atoms with Gasteiger partial charge in [-0.15, -0.1) is 0 Å². The van der Waals surface area contributed by atoms with E-state index < -0.39 is 0 Å². The predicted molar refractivity (Wildman–Crippen MR) is 123 cm³/mol. The molecular formula is C26H32N2O4. The highest BCUT2D eigenvalue weighted by atomic mass is 16.5. The van der Waals surface area contributed by atoms with Crippen LogP contribution in [0.5, 0.6) is 5.75 Å². The molecule has 170 valence electrons. The average Bonchev–Trinajstić information content (AvgIpc) is 3.37. The van der Waals surface area contributed by atoms with Crippen LogP contribution in [0, 0.1) is 6.92 Å². The number of hydrogen-bond donors (Lipinski definition) is 0. The molecule has 0 N–H and O–H groups in total. The van der Waals surface area contributed by atoms with Crippen LogP contribution in [0.4, 0.5) is 0 Å². The summed E-state index contributed by atoms with van der Waals surface area (Å²) < 4.78 is 11.2. The molecule has 1 saturated carbocycles. The molecule has 0 aromatic heterocycles. The number of nitrogens with zero attached hydrogens (tertiary/aromatic N) is 2. The Balaban J connectivity index is 1.46. The van der Waals surface area contributed by atoms with Gasteiger partial charge in [-0.2, -0.15) is 0 Å². The SMILES string of the molecule is COc1ccc(C(=O)N(CC2CN(C(=O)c3ccc(C)cc3)CCO2)C2CCCC2)cc1. The van der Waals surface area contributed by atoms with Crippen molar-refractivity contribution in [3.05, 3.63) is 65.2 Å². The Morgan fingerprint density at radius 1 is 1.03 bits per heavy atom. The number of aryl methyl sites for hydroxylation is 1. The highest BCUT2D eigenvalue weighted by Crippen LogP contribution is 2.26. The van der Waals surface area contributed by atoms with E-state index in [1.807, 2.05) is 65.3 Å². The summed E-state index contributed by atoms with van der Waals surface area (Å²) in [6.07, 6.45) is 4.11. The van der Waals surface area contributed by atoms with Crippen molar-refractivity contribution in [2.24, 2.45) is 0 Å². The maximum atomic E-state index is 13.4. The summed E-state index contributed by atoms with van der Waals surface area (Å²) in [5.41, 5.74) is 2.48. The monoisotopic (exact) mass is 436 g/mol. The Labute approximate surface area is 190 Å². The van der Waals surface area contributed by atoms with Crippen LogP contribution in [0.25, 0.3) is 0 Å². The Kier molecular flexibility index (Phi) is 7.10. The van der Waals surface area contributed by atoms with E-state index in [-0.39, 0.29) is 24.0 Å². The number of carbonyl (C=O) groups is 2. The van der Waals surface area contributed by atoms with Crippen molar-refractivity contribution >= 4 is 11.8 Å². The molecule has 2 fully saturated rings. The predicted octanol–water partition coefficient (Wildman–Crippen LogP) is 3.93. The van der Waals surface area contributed by atoms with E-state index in [1.165, 1.54) is 0 Å². The van der Waals surface area contributed by atoms with Crippen molar-refractivity contribution in [3.8, 4) is 5.75 Å². The summed E-state index contributed by atoms with van der Waals surface area (Å²) in [7, 11) is 1.62. The number of rotatable bonds is 6. The van der Waals surface area contributed by atoms with Gasteiger partial charge >= 0.3 is 0 Å². The smallest absolute Gasteiger partial charge is 0.254 e. The van der Waals surface area contributed by atoms with Crippen LogP contribution in [0.2, 0.25) is 0 Å². The number of morpholine rings is 1. The lowest BCUT2D eigenvalue weighted by molar-refractivity contribution is -0.0370. The van der Waals surface area contributed by atoms with Gasteiger partial charge in [0.05, 0.1) is 19.8 Å². The van der Waals surface area contributed by atoms with Crippen LogP contribution >= 0.6 is 0 Å². The third-order valence-electron chi connectivity index (χ3n) is 6.49. The molecule has 0 radical (unpaired) electrons. The van der Waals surface area contributed by atoms with Crippen molar-refractivity contribution in [2.75, 3.05) is 33.4 Å². The second-order valence-electron chi connectivity index (χ2n) is 8.73. The largest absolute Gasteiger partial charge is 0.497 e. The average molecular weight is 437 g/mol. The summed E-state index contributed by atoms with van der Waals surface area (Å²) in [6, 6.07) is 15.2. The standard InChI is InChI=1S/C26H32N2O4/c1-19-7-9-20(10-8-19)25(29)27-15-16-32-24(17-27)18-28(22-5-3-4-6-22)26(30)21-11-13-23(31-2)14-12-21/h7-14,22,24H,3-6,15-18H2,1-2H3. The number of ether oxygens (including phenoxy) is 2. The van der Waals surface area contributed by atoms with E-state index >= 15 is 0 Å². The molecule has 4 rings (SSSR count). The Bertz CT molecular complexity index is 920.